The molecule has 0 heterocycles. The predicted molar refractivity (Wildman–Crippen MR) is 100 cm³/mol. The van der Waals surface area contributed by atoms with E-state index < -0.39 is 0 Å². The lowest BCUT2D eigenvalue weighted by Crippen LogP contribution is -2.41. The van der Waals surface area contributed by atoms with Gasteiger partial charge in [-0.05, 0) is 49.3 Å². The van der Waals surface area contributed by atoms with Crippen LogP contribution < -0.4 is 5.73 Å². The van der Waals surface area contributed by atoms with Crippen LogP contribution in [0.25, 0.3) is 0 Å². The number of nitrogens with two attached hydrogens (primary N) is 1. The van der Waals surface area contributed by atoms with Crippen LogP contribution in [0.1, 0.15) is 37.0 Å². The van der Waals surface area contributed by atoms with Crippen molar-refractivity contribution < 1.29 is 0 Å². The largest absolute Gasteiger partial charge is 0.386 e. The van der Waals surface area contributed by atoms with E-state index in [0.717, 1.165) is 24.6 Å². The van der Waals surface area contributed by atoms with Crippen LogP contribution in [0.3, 0.4) is 0 Å². The molecule has 1 unspecified atom stereocenters. The molecule has 0 spiro atoms. The quantitative estimate of drug-likeness (QED) is 0.471. The van der Waals surface area contributed by atoms with E-state index in [9.17, 15) is 0 Å². The molecule has 2 N–H and O–H groups in total. The van der Waals surface area contributed by atoms with Gasteiger partial charge in [0.2, 0.25) is 0 Å². The third-order valence-corrected chi connectivity index (χ3v) is 6.39. The van der Waals surface area contributed by atoms with Crippen LogP contribution in [0.15, 0.2) is 47.3 Å². The highest BCUT2D eigenvalue weighted by molar-refractivity contribution is 7.56. The number of amidine groups is 1. The van der Waals surface area contributed by atoms with E-state index >= 15 is 0 Å². The second kappa shape index (κ2) is 7.24. The molecule has 3 heteroatoms. The first kappa shape index (κ1) is 17.0. The molecule has 2 rings (SSSR count). The number of aryl methyl sites for hydroxylation is 2. The summed E-state index contributed by atoms with van der Waals surface area (Å²) in [6.45, 7) is 8.75. The molecule has 0 saturated heterocycles. The molecule has 0 bridgehead atoms. The summed E-state index contributed by atoms with van der Waals surface area (Å²) in [6.07, 6.45) is 11.7. The van der Waals surface area contributed by atoms with Crippen molar-refractivity contribution in [3.63, 3.8) is 0 Å². The number of rotatable bonds is 5. The van der Waals surface area contributed by atoms with Crippen molar-refractivity contribution in [1.82, 2.24) is 0 Å². The predicted octanol–water partition coefficient (Wildman–Crippen LogP) is 4.85. The molecular formula is C19H27N2P. The third-order valence-electron chi connectivity index (χ3n) is 4.43. The van der Waals surface area contributed by atoms with E-state index in [1.54, 1.807) is 0 Å². The van der Waals surface area contributed by atoms with Gasteiger partial charge < -0.3 is 5.73 Å². The molecule has 0 saturated carbocycles. The van der Waals surface area contributed by atoms with Crippen molar-refractivity contribution in [2.75, 3.05) is 12.3 Å². The normalized spacial score (nSPS) is 21.6. The average Bonchev–Trinajstić information content (AvgIpc) is 2.53. The van der Waals surface area contributed by atoms with Crippen LogP contribution >= 0.6 is 8.07 Å². The van der Waals surface area contributed by atoms with Gasteiger partial charge in [-0.3, -0.25) is 0 Å². The molecule has 0 aliphatic heterocycles. The molecular weight excluding hydrogens is 287 g/mol. The van der Waals surface area contributed by atoms with Crippen LogP contribution in [0, 0.1) is 13.8 Å². The van der Waals surface area contributed by atoms with Gasteiger partial charge in [0, 0.05) is 8.07 Å². The summed E-state index contributed by atoms with van der Waals surface area (Å²) < 4.78 is 4.94. The van der Waals surface area contributed by atoms with E-state index in [1.807, 2.05) is 0 Å². The zero-order valence-electron chi connectivity index (χ0n) is 14.1. The monoisotopic (exact) mass is 314 g/mol. The van der Waals surface area contributed by atoms with E-state index in [1.165, 1.54) is 16.7 Å². The van der Waals surface area contributed by atoms with E-state index in [4.69, 9.17) is 10.5 Å². The Balaban J connectivity index is 2.59. The van der Waals surface area contributed by atoms with Gasteiger partial charge in [-0.15, -0.1) is 0 Å². The number of hydrogen-bond acceptors (Lipinski definition) is 1. The smallest absolute Gasteiger partial charge is 0.113 e. The molecule has 118 valence electrons. The number of hydrogen-bond donors (Lipinski definition) is 1. The lowest BCUT2D eigenvalue weighted by Gasteiger charge is -2.34. The van der Waals surface area contributed by atoms with Gasteiger partial charge in [-0.1, -0.05) is 56.4 Å². The van der Waals surface area contributed by atoms with Gasteiger partial charge in [0.25, 0.3) is 0 Å². The molecule has 0 aromatic heterocycles. The third kappa shape index (κ3) is 3.17. The Bertz CT molecular complexity index is 592. The maximum Gasteiger partial charge on any atom is 0.113 e. The number of benzene rings is 1. The van der Waals surface area contributed by atoms with Gasteiger partial charge in [-0.2, -0.15) is 0 Å². The Kier molecular flexibility index (Phi) is 5.58. The highest BCUT2D eigenvalue weighted by Crippen LogP contribution is 2.42. The minimum Gasteiger partial charge on any atom is -0.386 e. The zero-order chi connectivity index (χ0) is 16.2. The van der Waals surface area contributed by atoms with E-state index in [0.29, 0.717) is 0 Å². The standard InChI is InChI=1S/C19H27N2P/c1-5-22(6-2)21-18(20)19(13-8-7-9-14-19)17-15(3)11-10-12-16(17)4/h7-13H,5-6,14H2,1-4H3,(H2,20,21). The lowest BCUT2D eigenvalue weighted by atomic mass is 9.71. The fourth-order valence-corrected chi connectivity index (χ4v) is 4.46. The van der Waals surface area contributed by atoms with Crippen molar-refractivity contribution in [2.24, 2.45) is 10.5 Å². The summed E-state index contributed by atoms with van der Waals surface area (Å²) >= 11 is 0. The first-order valence-electron chi connectivity index (χ1n) is 8.05. The van der Waals surface area contributed by atoms with Crippen molar-refractivity contribution in [2.45, 2.75) is 39.5 Å². The summed E-state index contributed by atoms with van der Waals surface area (Å²) in [4.78, 5) is 0. The molecule has 1 aliphatic rings. The topological polar surface area (TPSA) is 38.4 Å². The summed E-state index contributed by atoms with van der Waals surface area (Å²) in [5.41, 5.74) is 10.2. The van der Waals surface area contributed by atoms with Gasteiger partial charge in [0.15, 0.2) is 0 Å². The molecule has 2 nitrogen and oxygen atoms in total. The zero-order valence-corrected chi connectivity index (χ0v) is 15.0. The van der Waals surface area contributed by atoms with Crippen LogP contribution in [0.2, 0.25) is 0 Å². The number of allylic oxidation sites excluding steroid dienone is 3. The van der Waals surface area contributed by atoms with Gasteiger partial charge in [0.05, 0.1) is 5.41 Å². The summed E-state index contributed by atoms with van der Waals surface area (Å²) in [5.74, 6) is 0.778. The first-order valence-corrected chi connectivity index (χ1v) is 9.72. The summed E-state index contributed by atoms with van der Waals surface area (Å²) in [6, 6.07) is 6.46. The van der Waals surface area contributed by atoms with Gasteiger partial charge in [-0.25, -0.2) is 4.76 Å². The SMILES string of the molecule is CCP(CC)N=C(N)C1(c2c(C)cccc2C)C=CC=CC1. The molecule has 0 radical (unpaired) electrons. The van der Waals surface area contributed by atoms with Gasteiger partial charge in [0.1, 0.15) is 5.84 Å². The number of nitrogens with zero attached hydrogens (tertiary/aromatic N) is 1. The Morgan fingerprint density at radius 2 is 1.82 bits per heavy atom. The van der Waals surface area contributed by atoms with Crippen LogP contribution in [0.4, 0.5) is 0 Å². The fourth-order valence-electron chi connectivity index (χ4n) is 3.25. The van der Waals surface area contributed by atoms with E-state index in [2.05, 4.69) is 70.2 Å². The maximum atomic E-state index is 6.59. The second-order valence-corrected chi connectivity index (χ2v) is 8.33. The first-order chi connectivity index (χ1) is 10.5. The van der Waals surface area contributed by atoms with Crippen LogP contribution in [-0.2, 0) is 5.41 Å². The minimum atomic E-state index is -0.357. The maximum absolute atomic E-state index is 6.59. The molecule has 1 aromatic rings. The van der Waals surface area contributed by atoms with Crippen molar-refractivity contribution in [3.8, 4) is 0 Å². The van der Waals surface area contributed by atoms with Crippen LogP contribution in [-0.4, -0.2) is 18.2 Å². The van der Waals surface area contributed by atoms with Crippen molar-refractivity contribution in [1.29, 1.82) is 0 Å². The summed E-state index contributed by atoms with van der Waals surface area (Å²) in [5, 5.41) is 0. The molecule has 22 heavy (non-hydrogen) atoms. The van der Waals surface area contributed by atoms with Crippen LogP contribution in [0.5, 0.6) is 0 Å². The summed E-state index contributed by atoms with van der Waals surface area (Å²) in [7, 11) is -0.357. The Hall–Kier alpha value is -1.40. The van der Waals surface area contributed by atoms with E-state index in [-0.39, 0.29) is 13.5 Å². The average molecular weight is 314 g/mol. The minimum absolute atomic E-state index is 0.283. The molecule has 0 amide bonds. The highest BCUT2D eigenvalue weighted by Gasteiger charge is 2.36. The molecule has 1 aliphatic carbocycles. The molecule has 1 aromatic carbocycles. The Labute approximate surface area is 136 Å². The van der Waals surface area contributed by atoms with Crippen molar-refractivity contribution in [3.05, 3.63) is 59.2 Å². The highest BCUT2D eigenvalue weighted by atomic mass is 31.1. The van der Waals surface area contributed by atoms with Gasteiger partial charge >= 0.3 is 0 Å². The Morgan fingerprint density at radius 1 is 1.18 bits per heavy atom. The lowest BCUT2D eigenvalue weighted by molar-refractivity contribution is 0.702. The van der Waals surface area contributed by atoms with Crippen molar-refractivity contribution >= 4 is 13.9 Å². The second-order valence-electron chi connectivity index (χ2n) is 5.85. The Morgan fingerprint density at radius 3 is 2.32 bits per heavy atom. The molecule has 1 atom stereocenters. The molecule has 0 fully saturated rings. The fraction of sp³-hybridized carbons (Fsp3) is 0.421.